The molecular formula is C16H24ClN3O3. The van der Waals surface area contributed by atoms with Crippen LogP contribution in [0.4, 0.5) is 0 Å². The quantitative estimate of drug-likeness (QED) is 0.782. The minimum Gasteiger partial charge on any atom is -0.493 e. The molecule has 128 valence electrons. The lowest BCUT2D eigenvalue weighted by atomic mass is 10.1. The highest BCUT2D eigenvalue weighted by Crippen LogP contribution is 2.37. The maximum atomic E-state index is 10.9. The standard InChI is InChI=1S/C16H24ClN3O3/c1-10-3-12(6-18)8-20(10)7-11-4-13(17)16(14(5-11)22-2)23-9-15(19)21/h4-5,10,12H,3,6-9,18H2,1-2H3,(H2,19,21). The summed E-state index contributed by atoms with van der Waals surface area (Å²) in [7, 11) is 1.54. The smallest absolute Gasteiger partial charge is 0.255 e. The summed E-state index contributed by atoms with van der Waals surface area (Å²) in [6.07, 6.45) is 1.11. The second-order valence-corrected chi connectivity index (χ2v) is 6.39. The van der Waals surface area contributed by atoms with E-state index in [4.69, 9.17) is 32.5 Å². The van der Waals surface area contributed by atoms with Gasteiger partial charge >= 0.3 is 0 Å². The number of methoxy groups -OCH3 is 1. The van der Waals surface area contributed by atoms with Crippen molar-refractivity contribution in [3.05, 3.63) is 22.7 Å². The number of nitrogens with two attached hydrogens (primary N) is 2. The third-order valence-electron chi connectivity index (χ3n) is 4.16. The van der Waals surface area contributed by atoms with E-state index in [1.807, 2.05) is 12.1 Å². The van der Waals surface area contributed by atoms with Gasteiger partial charge in [0.1, 0.15) is 0 Å². The van der Waals surface area contributed by atoms with Crippen molar-refractivity contribution in [3.8, 4) is 11.5 Å². The number of likely N-dealkylation sites (tertiary alicyclic amines) is 1. The van der Waals surface area contributed by atoms with E-state index < -0.39 is 5.91 Å². The third kappa shape index (κ3) is 4.50. The van der Waals surface area contributed by atoms with E-state index in [2.05, 4.69) is 11.8 Å². The molecule has 0 saturated carbocycles. The van der Waals surface area contributed by atoms with Gasteiger partial charge in [0.15, 0.2) is 18.1 Å². The molecule has 1 aromatic rings. The number of ether oxygens (including phenoxy) is 2. The van der Waals surface area contributed by atoms with Crippen LogP contribution in [0.3, 0.4) is 0 Å². The molecule has 1 heterocycles. The molecule has 1 aliphatic rings. The highest BCUT2D eigenvalue weighted by atomic mass is 35.5. The molecule has 2 atom stereocenters. The maximum absolute atomic E-state index is 10.9. The zero-order valence-corrected chi connectivity index (χ0v) is 14.3. The molecule has 1 aromatic carbocycles. The lowest BCUT2D eigenvalue weighted by molar-refractivity contribution is -0.119. The molecule has 23 heavy (non-hydrogen) atoms. The van der Waals surface area contributed by atoms with Crippen LogP contribution in [0.25, 0.3) is 0 Å². The topological polar surface area (TPSA) is 90.8 Å². The highest BCUT2D eigenvalue weighted by Gasteiger charge is 2.28. The van der Waals surface area contributed by atoms with Gasteiger partial charge in [-0.15, -0.1) is 0 Å². The fourth-order valence-electron chi connectivity index (χ4n) is 2.99. The van der Waals surface area contributed by atoms with Gasteiger partial charge in [-0.25, -0.2) is 0 Å². The monoisotopic (exact) mass is 341 g/mol. The van der Waals surface area contributed by atoms with Gasteiger partial charge in [0, 0.05) is 19.1 Å². The van der Waals surface area contributed by atoms with Crippen LogP contribution in [0.1, 0.15) is 18.9 Å². The Balaban J connectivity index is 2.14. The maximum Gasteiger partial charge on any atom is 0.255 e. The summed E-state index contributed by atoms with van der Waals surface area (Å²) >= 11 is 6.28. The Morgan fingerprint density at radius 2 is 2.22 bits per heavy atom. The van der Waals surface area contributed by atoms with E-state index in [1.54, 1.807) is 0 Å². The fourth-order valence-corrected chi connectivity index (χ4v) is 3.28. The summed E-state index contributed by atoms with van der Waals surface area (Å²) < 4.78 is 10.7. The molecule has 0 radical (unpaired) electrons. The molecule has 0 aromatic heterocycles. The first-order valence-corrected chi connectivity index (χ1v) is 8.04. The molecular weight excluding hydrogens is 318 g/mol. The van der Waals surface area contributed by atoms with Crippen molar-refractivity contribution in [3.63, 3.8) is 0 Å². The number of amides is 1. The van der Waals surface area contributed by atoms with Crippen LogP contribution in [-0.4, -0.2) is 43.7 Å². The number of carbonyl (C=O) groups excluding carboxylic acids is 1. The van der Waals surface area contributed by atoms with Crippen LogP contribution in [-0.2, 0) is 11.3 Å². The van der Waals surface area contributed by atoms with Gasteiger partial charge in [-0.05, 0) is 43.5 Å². The Bertz CT molecular complexity index is 568. The molecule has 0 spiro atoms. The molecule has 0 bridgehead atoms. The number of hydrogen-bond acceptors (Lipinski definition) is 5. The molecule has 6 nitrogen and oxygen atoms in total. The van der Waals surface area contributed by atoms with Crippen LogP contribution in [0.5, 0.6) is 11.5 Å². The average molecular weight is 342 g/mol. The van der Waals surface area contributed by atoms with E-state index in [9.17, 15) is 4.79 Å². The molecule has 4 N–H and O–H groups in total. The summed E-state index contributed by atoms with van der Waals surface area (Å²) in [6.45, 7) is 4.43. The lowest BCUT2D eigenvalue weighted by Gasteiger charge is -2.22. The van der Waals surface area contributed by atoms with Gasteiger partial charge in [0.05, 0.1) is 12.1 Å². The number of rotatable bonds is 7. The minimum atomic E-state index is -0.564. The number of nitrogens with zero attached hydrogens (tertiary/aromatic N) is 1. The van der Waals surface area contributed by atoms with Crippen LogP contribution in [0, 0.1) is 5.92 Å². The van der Waals surface area contributed by atoms with Crippen molar-refractivity contribution in [2.24, 2.45) is 17.4 Å². The van der Waals surface area contributed by atoms with Crippen LogP contribution in [0.15, 0.2) is 12.1 Å². The minimum absolute atomic E-state index is 0.239. The number of carbonyl (C=O) groups is 1. The first kappa shape index (κ1) is 17.8. The predicted molar refractivity (Wildman–Crippen MR) is 89.7 cm³/mol. The first-order valence-electron chi connectivity index (χ1n) is 7.66. The Labute approximate surface area is 141 Å². The molecule has 1 aliphatic heterocycles. The summed E-state index contributed by atoms with van der Waals surface area (Å²) in [6, 6.07) is 4.20. The molecule has 2 rings (SSSR count). The average Bonchev–Trinajstić information content (AvgIpc) is 2.85. The van der Waals surface area contributed by atoms with Crippen LogP contribution >= 0.6 is 11.6 Å². The Morgan fingerprint density at radius 3 is 2.78 bits per heavy atom. The summed E-state index contributed by atoms with van der Waals surface area (Å²) in [5, 5.41) is 0.405. The normalized spacial score (nSPS) is 21.4. The van der Waals surface area contributed by atoms with E-state index in [-0.39, 0.29) is 6.61 Å². The number of hydrogen-bond donors (Lipinski definition) is 2. The van der Waals surface area contributed by atoms with Gasteiger partial charge in [-0.1, -0.05) is 11.6 Å². The van der Waals surface area contributed by atoms with Crippen molar-refractivity contribution in [1.82, 2.24) is 4.90 Å². The second kappa shape index (κ2) is 7.86. The number of benzene rings is 1. The molecule has 1 saturated heterocycles. The van der Waals surface area contributed by atoms with Gasteiger partial charge < -0.3 is 20.9 Å². The largest absolute Gasteiger partial charge is 0.493 e. The van der Waals surface area contributed by atoms with Gasteiger partial charge in [-0.2, -0.15) is 0 Å². The van der Waals surface area contributed by atoms with E-state index in [0.717, 1.165) is 25.1 Å². The summed E-state index contributed by atoms with van der Waals surface area (Å²) in [4.78, 5) is 13.3. The molecule has 1 fully saturated rings. The Kier molecular flexibility index (Phi) is 6.10. The van der Waals surface area contributed by atoms with Crippen molar-refractivity contribution in [2.75, 3.05) is 26.8 Å². The Morgan fingerprint density at radius 1 is 1.48 bits per heavy atom. The molecule has 0 aliphatic carbocycles. The van der Waals surface area contributed by atoms with Crippen LogP contribution < -0.4 is 20.9 Å². The van der Waals surface area contributed by atoms with Crippen molar-refractivity contribution in [2.45, 2.75) is 25.9 Å². The predicted octanol–water partition coefficient (Wildman–Crippen LogP) is 1.38. The van der Waals surface area contributed by atoms with E-state index in [1.165, 1.54) is 7.11 Å². The molecule has 7 heteroatoms. The zero-order chi connectivity index (χ0) is 17.0. The van der Waals surface area contributed by atoms with Gasteiger partial charge in [0.25, 0.3) is 5.91 Å². The highest BCUT2D eigenvalue weighted by molar-refractivity contribution is 6.32. The first-order chi connectivity index (χ1) is 10.9. The molecule has 1 amide bonds. The fraction of sp³-hybridized carbons (Fsp3) is 0.562. The van der Waals surface area contributed by atoms with Crippen LogP contribution in [0.2, 0.25) is 5.02 Å². The summed E-state index contributed by atoms with van der Waals surface area (Å²) in [5.74, 6) is 0.813. The number of primary amides is 1. The SMILES string of the molecule is COc1cc(CN2CC(CN)CC2C)cc(Cl)c1OCC(N)=O. The zero-order valence-electron chi connectivity index (χ0n) is 13.5. The van der Waals surface area contributed by atoms with Crippen molar-refractivity contribution >= 4 is 17.5 Å². The Hall–Kier alpha value is -1.50. The lowest BCUT2D eigenvalue weighted by Crippen LogP contribution is -2.27. The third-order valence-corrected chi connectivity index (χ3v) is 4.44. The van der Waals surface area contributed by atoms with Crippen molar-refractivity contribution < 1.29 is 14.3 Å². The van der Waals surface area contributed by atoms with Gasteiger partial charge in [-0.3, -0.25) is 9.69 Å². The van der Waals surface area contributed by atoms with E-state index in [0.29, 0.717) is 35.0 Å². The summed E-state index contributed by atoms with van der Waals surface area (Å²) in [5.41, 5.74) is 11.9. The second-order valence-electron chi connectivity index (χ2n) is 5.98. The van der Waals surface area contributed by atoms with E-state index >= 15 is 0 Å². The molecule has 2 unspecified atom stereocenters. The number of halogens is 1. The van der Waals surface area contributed by atoms with Gasteiger partial charge in [0.2, 0.25) is 0 Å². The van der Waals surface area contributed by atoms with Crippen molar-refractivity contribution in [1.29, 1.82) is 0 Å².